The predicted octanol–water partition coefficient (Wildman–Crippen LogP) is 2.89. The molecule has 1 aliphatic heterocycles. The van der Waals surface area contributed by atoms with E-state index in [4.69, 9.17) is 0 Å². The number of anilines is 1. The van der Waals surface area contributed by atoms with Gasteiger partial charge >= 0.3 is 0 Å². The first-order valence-electron chi connectivity index (χ1n) is 5.38. The topological polar surface area (TPSA) is 41.5 Å². The van der Waals surface area contributed by atoms with Crippen LogP contribution in [0.1, 0.15) is 13.8 Å². The molecule has 0 saturated carbocycles. The summed E-state index contributed by atoms with van der Waals surface area (Å²) in [6.45, 7) is 3.98. The molecule has 1 heterocycles. The van der Waals surface area contributed by atoms with Crippen LogP contribution in [0, 0.1) is 11.7 Å². The van der Waals surface area contributed by atoms with Crippen LogP contribution >= 0.6 is 11.8 Å². The average molecular weight is 252 g/mol. The molecular weight excluding hydrogens is 239 g/mol. The minimum atomic E-state index is -0.285. The van der Waals surface area contributed by atoms with Crippen molar-refractivity contribution in [1.29, 1.82) is 0 Å². The van der Waals surface area contributed by atoms with Gasteiger partial charge < -0.3 is 5.32 Å². The van der Waals surface area contributed by atoms with Crippen LogP contribution in [0.25, 0.3) is 0 Å². The number of thioether (sulfide) groups is 1. The molecule has 0 aromatic heterocycles. The zero-order chi connectivity index (χ0) is 12.4. The maximum Gasteiger partial charge on any atom is 0.261 e. The van der Waals surface area contributed by atoms with Gasteiger partial charge in [-0.2, -0.15) is 4.99 Å². The van der Waals surface area contributed by atoms with Crippen molar-refractivity contribution in [1.82, 2.24) is 0 Å². The monoisotopic (exact) mass is 252 g/mol. The predicted molar refractivity (Wildman–Crippen MR) is 68.7 cm³/mol. The summed E-state index contributed by atoms with van der Waals surface area (Å²) in [5.74, 6) is -0.133. The molecule has 5 heteroatoms. The molecule has 0 fully saturated rings. The van der Waals surface area contributed by atoms with Gasteiger partial charge in [0, 0.05) is 5.69 Å². The number of halogens is 1. The maximum absolute atomic E-state index is 12.7. The van der Waals surface area contributed by atoms with Crippen molar-refractivity contribution in [2.24, 2.45) is 10.9 Å². The van der Waals surface area contributed by atoms with E-state index < -0.39 is 0 Å². The van der Waals surface area contributed by atoms with E-state index in [2.05, 4.69) is 10.3 Å². The highest BCUT2D eigenvalue weighted by Gasteiger charge is 2.30. The fourth-order valence-electron chi connectivity index (χ4n) is 1.50. The summed E-state index contributed by atoms with van der Waals surface area (Å²) in [5.41, 5.74) is 0.731. The molecule has 1 aromatic carbocycles. The Morgan fingerprint density at radius 1 is 1.35 bits per heavy atom. The molecule has 1 aliphatic rings. The Morgan fingerprint density at radius 3 is 2.53 bits per heavy atom. The number of hydrogen-bond donors (Lipinski definition) is 1. The molecule has 1 N–H and O–H groups in total. The fourth-order valence-corrected chi connectivity index (χ4v) is 2.48. The van der Waals surface area contributed by atoms with Gasteiger partial charge in [-0.1, -0.05) is 25.6 Å². The highest BCUT2D eigenvalue weighted by molar-refractivity contribution is 8.15. The summed E-state index contributed by atoms with van der Waals surface area (Å²) in [4.78, 5) is 15.5. The Hall–Kier alpha value is -1.36. The zero-order valence-corrected chi connectivity index (χ0v) is 10.4. The molecule has 1 atom stereocenters. The lowest BCUT2D eigenvalue weighted by Crippen LogP contribution is -2.17. The quantitative estimate of drug-likeness (QED) is 0.880. The second kappa shape index (κ2) is 4.87. The minimum absolute atomic E-state index is 0.102. The Bertz CT molecular complexity index is 456. The highest BCUT2D eigenvalue weighted by atomic mass is 32.2. The molecule has 0 aliphatic carbocycles. The van der Waals surface area contributed by atoms with Gasteiger partial charge in [0.2, 0.25) is 0 Å². The van der Waals surface area contributed by atoms with E-state index in [0.717, 1.165) is 5.69 Å². The van der Waals surface area contributed by atoms with Gasteiger partial charge in [-0.05, 0) is 30.2 Å². The number of benzene rings is 1. The number of aliphatic imine (C=N–C) groups is 1. The second-order valence-corrected chi connectivity index (χ2v) is 5.30. The molecule has 1 aromatic rings. The lowest BCUT2D eigenvalue weighted by Gasteiger charge is -2.10. The van der Waals surface area contributed by atoms with Gasteiger partial charge in [-0.25, -0.2) is 4.39 Å². The molecular formula is C12H13FN2OS. The number of carbonyl (C=O) groups is 1. The summed E-state index contributed by atoms with van der Waals surface area (Å²) in [5, 5.41) is 3.48. The summed E-state index contributed by atoms with van der Waals surface area (Å²) in [6, 6.07) is 5.96. The molecule has 2 rings (SSSR count). The Balaban J connectivity index is 2.04. The summed E-state index contributed by atoms with van der Waals surface area (Å²) >= 11 is 1.42. The third-order valence-corrected chi connectivity index (χ3v) is 3.81. The van der Waals surface area contributed by atoms with E-state index in [1.807, 2.05) is 13.8 Å². The fraction of sp³-hybridized carbons (Fsp3) is 0.333. The van der Waals surface area contributed by atoms with Crippen molar-refractivity contribution in [2.75, 3.05) is 5.32 Å². The van der Waals surface area contributed by atoms with Gasteiger partial charge in [0.15, 0.2) is 5.17 Å². The van der Waals surface area contributed by atoms with Crippen LogP contribution in [0.15, 0.2) is 29.3 Å². The van der Waals surface area contributed by atoms with E-state index in [9.17, 15) is 9.18 Å². The molecule has 17 heavy (non-hydrogen) atoms. The van der Waals surface area contributed by atoms with Crippen LogP contribution in [0.5, 0.6) is 0 Å². The third-order valence-electron chi connectivity index (χ3n) is 2.39. The zero-order valence-electron chi connectivity index (χ0n) is 9.61. The van der Waals surface area contributed by atoms with E-state index in [0.29, 0.717) is 5.17 Å². The Kier molecular flexibility index (Phi) is 3.47. The lowest BCUT2D eigenvalue weighted by atomic mass is 10.1. The highest BCUT2D eigenvalue weighted by Crippen LogP contribution is 2.28. The SMILES string of the molecule is CC(C)C1SC(Nc2ccc(F)cc2)=NC1=O. The van der Waals surface area contributed by atoms with Crippen molar-refractivity contribution < 1.29 is 9.18 Å². The Labute approximate surface area is 104 Å². The van der Waals surface area contributed by atoms with Crippen molar-refractivity contribution in [3.63, 3.8) is 0 Å². The summed E-state index contributed by atoms with van der Waals surface area (Å²) < 4.78 is 12.7. The molecule has 90 valence electrons. The first-order chi connectivity index (χ1) is 8.06. The maximum atomic E-state index is 12.7. The van der Waals surface area contributed by atoms with Gasteiger partial charge in [0.1, 0.15) is 5.82 Å². The van der Waals surface area contributed by atoms with E-state index in [1.165, 1.54) is 23.9 Å². The normalized spacial score (nSPS) is 19.6. The molecule has 0 spiro atoms. The van der Waals surface area contributed by atoms with Crippen LogP contribution in [-0.2, 0) is 4.79 Å². The van der Waals surface area contributed by atoms with E-state index >= 15 is 0 Å². The average Bonchev–Trinajstić information content (AvgIpc) is 2.63. The van der Waals surface area contributed by atoms with Crippen molar-refractivity contribution in [2.45, 2.75) is 19.1 Å². The summed E-state index contributed by atoms with van der Waals surface area (Å²) in [6.07, 6.45) is 0. The number of amidine groups is 1. The molecule has 3 nitrogen and oxygen atoms in total. The van der Waals surface area contributed by atoms with E-state index in [-0.39, 0.29) is 22.9 Å². The van der Waals surface area contributed by atoms with Crippen LogP contribution in [0.2, 0.25) is 0 Å². The molecule has 1 unspecified atom stereocenters. The minimum Gasteiger partial charge on any atom is -0.335 e. The van der Waals surface area contributed by atoms with Crippen LogP contribution in [-0.4, -0.2) is 16.3 Å². The molecule has 0 radical (unpaired) electrons. The molecule has 0 bridgehead atoms. The number of carbonyl (C=O) groups excluding carboxylic acids is 1. The largest absolute Gasteiger partial charge is 0.335 e. The van der Waals surface area contributed by atoms with Crippen molar-refractivity contribution >= 4 is 28.5 Å². The number of nitrogens with zero attached hydrogens (tertiary/aromatic N) is 1. The molecule has 1 amide bonds. The van der Waals surface area contributed by atoms with E-state index in [1.54, 1.807) is 12.1 Å². The second-order valence-electron chi connectivity index (χ2n) is 4.17. The number of rotatable bonds is 2. The van der Waals surface area contributed by atoms with Gasteiger partial charge in [-0.3, -0.25) is 4.79 Å². The van der Waals surface area contributed by atoms with Gasteiger partial charge in [0.25, 0.3) is 5.91 Å². The third kappa shape index (κ3) is 2.85. The smallest absolute Gasteiger partial charge is 0.261 e. The molecule has 0 saturated heterocycles. The van der Waals surface area contributed by atoms with Crippen LogP contribution in [0.4, 0.5) is 10.1 Å². The summed E-state index contributed by atoms with van der Waals surface area (Å²) in [7, 11) is 0. The van der Waals surface area contributed by atoms with Gasteiger partial charge in [-0.15, -0.1) is 0 Å². The van der Waals surface area contributed by atoms with Crippen LogP contribution < -0.4 is 5.32 Å². The standard InChI is InChI=1S/C12H13FN2OS/c1-7(2)10-11(16)15-12(17-10)14-9-5-3-8(13)4-6-9/h3-7,10H,1-2H3,(H,14,15,16). The first kappa shape index (κ1) is 12.1. The number of amides is 1. The van der Waals surface area contributed by atoms with Crippen LogP contribution in [0.3, 0.4) is 0 Å². The van der Waals surface area contributed by atoms with Crippen molar-refractivity contribution in [3.05, 3.63) is 30.1 Å². The Morgan fingerprint density at radius 2 is 2.00 bits per heavy atom. The first-order valence-corrected chi connectivity index (χ1v) is 6.26. The van der Waals surface area contributed by atoms with Gasteiger partial charge in [0.05, 0.1) is 5.25 Å². The number of hydrogen-bond acceptors (Lipinski definition) is 3. The van der Waals surface area contributed by atoms with Crippen molar-refractivity contribution in [3.8, 4) is 0 Å². The lowest BCUT2D eigenvalue weighted by molar-refractivity contribution is -0.117. The number of nitrogens with one attached hydrogen (secondary N) is 1.